The number of hydrogen-bond acceptors (Lipinski definition) is 3. The molecule has 0 aliphatic carbocycles. The van der Waals surface area contributed by atoms with Gasteiger partial charge in [-0.25, -0.2) is 4.98 Å². The number of hydrogen-bond donors (Lipinski definition) is 2. The van der Waals surface area contributed by atoms with Gasteiger partial charge >= 0.3 is 6.18 Å². The lowest BCUT2D eigenvalue weighted by molar-refractivity contribution is -0.137. The fourth-order valence-corrected chi connectivity index (χ4v) is 4.11. The van der Waals surface area contributed by atoms with Gasteiger partial charge in [0.2, 0.25) is 5.91 Å². The standard InChI is InChI=1S/C22H15BrClF3N4O/c23-16-8-15(22(25,26)27)9-17-19(16)31-21(30-17)12-3-1-11(2-4-12)18-13(5-6-24)7-14(10-29-18)20(28)32/h1-4,7-10H,5-6H2,(H2,28,32)(H,30,31). The second-order valence-corrected chi connectivity index (χ2v) is 8.28. The Balaban J connectivity index is 1.71. The quantitative estimate of drug-likeness (QED) is 0.317. The number of rotatable bonds is 5. The maximum Gasteiger partial charge on any atom is 0.416 e. The minimum Gasteiger partial charge on any atom is -0.366 e. The Kier molecular flexibility index (Phi) is 5.96. The number of nitrogens with zero attached hydrogens (tertiary/aromatic N) is 2. The van der Waals surface area contributed by atoms with E-state index in [0.717, 1.165) is 23.3 Å². The number of carbonyl (C=O) groups excluding carboxylic acids is 1. The third kappa shape index (κ3) is 4.35. The molecule has 0 radical (unpaired) electrons. The van der Waals surface area contributed by atoms with Gasteiger partial charge < -0.3 is 10.7 Å². The van der Waals surface area contributed by atoms with E-state index in [1.807, 2.05) is 12.1 Å². The number of aromatic nitrogens is 3. The summed E-state index contributed by atoms with van der Waals surface area (Å²) >= 11 is 9.07. The second kappa shape index (κ2) is 8.55. The van der Waals surface area contributed by atoms with Gasteiger partial charge in [0.25, 0.3) is 0 Å². The highest BCUT2D eigenvalue weighted by molar-refractivity contribution is 9.10. The monoisotopic (exact) mass is 522 g/mol. The second-order valence-electron chi connectivity index (χ2n) is 7.05. The van der Waals surface area contributed by atoms with Crippen molar-refractivity contribution in [2.24, 2.45) is 5.73 Å². The molecule has 0 bridgehead atoms. The van der Waals surface area contributed by atoms with Gasteiger partial charge in [0.05, 0.1) is 22.3 Å². The molecule has 2 heterocycles. The molecule has 32 heavy (non-hydrogen) atoms. The molecule has 0 fully saturated rings. The molecule has 2 aromatic carbocycles. The number of imidazole rings is 1. The molecule has 0 saturated carbocycles. The molecule has 1 amide bonds. The molecule has 5 nitrogen and oxygen atoms in total. The Morgan fingerprint density at radius 3 is 2.44 bits per heavy atom. The Bertz CT molecular complexity index is 1320. The molecule has 0 unspecified atom stereocenters. The van der Waals surface area contributed by atoms with E-state index in [-0.39, 0.29) is 9.99 Å². The van der Waals surface area contributed by atoms with Crippen LogP contribution in [0, 0.1) is 0 Å². The van der Waals surface area contributed by atoms with Crippen molar-refractivity contribution in [2.75, 3.05) is 5.88 Å². The number of aryl methyl sites for hydroxylation is 1. The van der Waals surface area contributed by atoms with Crippen LogP contribution in [0.5, 0.6) is 0 Å². The minimum atomic E-state index is -4.46. The molecule has 4 aromatic rings. The fourth-order valence-electron chi connectivity index (χ4n) is 3.36. The molecular weight excluding hydrogens is 509 g/mol. The number of amides is 1. The summed E-state index contributed by atoms with van der Waals surface area (Å²) < 4.78 is 39.5. The van der Waals surface area contributed by atoms with Crippen LogP contribution < -0.4 is 5.73 Å². The van der Waals surface area contributed by atoms with E-state index in [2.05, 4.69) is 30.9 Å². The van der Waals surface area contributed by atoms with Crippen LogP contribution in [0.25, 0.3) is 33.7 Å². The van der Waals surface area contributed by atoms with Crippen molar-refractivity contribution in [3.63, 3.8) is 0 Å². The first-order valence-electron chi connectivity index (χ1n) is 9.39. The van der Waals surface area contributed by atoms with E-state index in [1.54, 1.807) is 18.2 Å². The van der Waals surface area contributed by atoms with Crippen LogP contribution in [0.1, 0.15) is 21.5 Å². The molecule has 0 aliphatic rings. The molecule has 2 aromatic heterocycles. The van der Waals surface area contributed by atoms with E-state index in [0.29, 0.717) is 40.5 Å². The van der Waals surface area contributed by atoms with Crippen molar-refractivity contribution in [1.29, 1.82) is 0 Å². The number of alkyl halides is 4. The molecular formula is C22H15BrClF3N4O. The van der Waals surface area contributed by atoms with Gasteiger partial charge in [0.15, 0.2) is 0 Å². The summed E-state index contributed by atoms with van der Waals surface area (Å²) in [6, 6.07) is 10.9. The van der Waals surface area contributed by atoms with Crippen molar-refractivity contribution in [1.82, 2.24) is 15.0 Å². The Hall–Kier alpha value is -2.91. The number of H-pyrrole nitrogens is 1. The van der Waals surface area contributed by atoms with Crippen LogP contribution in [-0.4, -0.2) is 26.7 Å². The molecule has 0 atom stereocenters. The number of benzene rings is 2. The largest absolute Gasteiger partial charge is 0.416 e. The van der Waals surface area contributed by atoms with Crippen LogP contribution in [0.15, 0.2) is 53.1 Å². The van der Waals surface area contributed by atoms with Crippen molar-refractivity contribution in [3.05, 3.63) is 69.8 Å². The zero-order valence-corrected chi connectivity index (χ0v) is 18.6. The average molecular weight is 524 g/mol. The highest BCUT2D eigenvalue weighted by Crippen LogP contribution is 2.35. The first-order valence-corrected chi connectivity index (χ1v) is 10.7. The van der Waals surface area contributed by atoms with Crippen molar-refractivity contribution < 1.29 is 18.0 Å². The lowest BCUT2D eigenvalue weighted by Gasteiger charge is -2.09. The molecule has 164 valence electrons. The van der Waals surface area contributed by atoms with Crippen LogP contribution >= 0.6 is 27.5 Å². The lowest BCUT2D eigenvalue weighted by atomic mass is 10.0. The minimum absolute atomic E-state index is 0.255. The first-order chi connectivity index (χ1) is 15.2. The van der Waals surface area contributed by atoms with Crippen molar-refractivity contribution in [2.45, 2.75) is 12.6 Å². The summed E-state index contributed by atoms with van der Waals surface area (Å²) in [5.41, 5.74) is 8.51. The number of fused-ring (bicyclic) bond motifs is 1. The highest BCUT2D eigenvalue weighted by Gasteiger charge is 2.31. The Morgan fingerprint density at radius 1 is 1.12 bits per heavy atom. The van der Waals surface area contributed by atoms with E-state index in [4.69, 9.17) is 17.3 Å². The maximum atomic E-state index is 13.1. The van der Waals surface area contributed by atoms with E-state index in [9.17, 15) is 18.0 Å². The molecule has 10 heteroatoms. The van der Waals surface area contributed by atoms with E-state index < -0.39 is 17.6 Å². The van der Waals surface area contributed by atoms with Crippen LogP contribution in [-0.2, 0) is 12.6 Å². The van der Waals surface area contributed by atoms with Gasteiger partial charge in [-0.1, -0.05) is 24.3 Å². The molecule has 4 rings (SSSR count). The van der Waals surface area contributed by atoms with Crippen molar-refractivity contribution >= 4 is 44.5 Å². The SMILES string of the molecule is NC(=O)c1cnc(-c2ccc(-c3nc4c(Br)cc(C(F)(F)F)cc4[nH]3)cc2)c(CCCl)c1. The number of nitrogens with two attached hydrogens (primary N) is 1. The van der Waals surface area contributed by atoms with Crippen molar-refractivity contribution in [3.8, 4) is 22.6 Å². The van der Waals surface area contributed by atoms with Crippen LogP contribution in [0.2, 0.25) is 0 Å². The number of primary amides is 1. The van der Waals surface area contributed by atoms with E-state index >= 15 is 0 Å². The fraction of sp³-hybridized carbons (Fsp3) is 0.136. The Labute approximate surface area is 194 Å². The number of nitrogens with one attached hydrogen (secondary N) is 1. The molecule has 0 saturated heterocycles. The molecule has 3 N–H and O–H groups in total. The predicted octanol–water partition coefficient (Wildman–Crippen LogP) is 5.95. The zero-order valence-electron chi connectivity index (χ0n) is 16.3. The van der Waals surface area contributed by atoms with Gasteiger partial charge in [-0.3, -0.25) is 9.78 Å². The van der Waals surface area contributed by atoms with E-state index in [1.165, 1.54) is 6.20 Å². The van der Waals surface area contributed by atoms with Crippen LogP contribution in [0.4, 0.5) is 13.2 Å². The predicted molar refractivity (Wildman–Crippen MR) is 120 cm³/mol. The van der Waals surface area contributed by atoms with Gasteiger partial charge in [0, 0.05) is 27.7 Å². The number of pyridine rings is 1. The topological polar surface area (TPSA) is 84.7 Å². The summed E-state index contributed by atoms with van der Waals surface area (Å²) in [5.74, 6) is 0.215. The maximum absolute atomic E-state index is 13.1. The normalized spacial score (nSPS) is 11.8. The number of aromatic amines is 1. The van der Waals surface area contributed by atoms with Gasteiger partial charge in [-0.2, -0.15) is 13.2 Å². The number of carbonyl (C=O) groups is 1. The third-order valence-electron chi connectivity index (χ3n) is 4.91. The average Bonchev–Trinajstić information content (AvgIpc) is 3.18. The number of halogens is 5. The van der Waals surface area contributed by atoms with Crippen LogP contribution in [0.3, 0.4) is 0 Å². The third-order valence-corrected chi connectivity index (χ3v) is 5.71. The summed E-state index contributed by atoms with van der Waals surface area (Å²) in [7, 11) is 0. The summed E-state index contributed by atoms with van der Waals surface area (Å²) in [4.78, 5) is 23.2. The molecule has 0 aliphatic heterocycles. The van der Waals surface area contributed by atoms with Gasteiger partial charge in [-0.15, -0.1) is 11.6 Å². The summed E-state index contributed by atoms with van der Waals surface area (Å²) in [5, 5.41) is 0. The highest BCUT2D eigenvalue weighted by atomic mass is 79.9. The first kappa shape index (κ1) is 22.3. The smallest absolute Gasteiger partial charge is 0.366 e. The van der Waals surface area contributed by atoms with Gasteiger partial charge in [0.1, 0.15) is 11.3 Å². The van der Waals surface area contributed by atoms with Gasteiger partial charge in [-0.05, 0) is 46.1 Å². The summed E-state index contributed by atoms with van der Waals surface area (Å²) in [6.45, 7) is 0. The lowest BCUT2D eigenvalue weighted by Crippen LogP contribution is -2.12. The summed E-state index contributed by atoms with van der Waals surface area (Å²) in [6.07, 6.45) is -2.54. The zero-order chi connectivity index (χ0) is 23.0. The Morgan fingerprint density at radius 2 is 1.81 bits per heavy atom. The molecule has 0 spiro atoms.